The number of rotatable bonds is 6. The molecule has 3 heteroatoms. The molecule has 138 valence electrons. The van der Waals surface area contributed by atoms with E-state index in [4.69, 9.17) is 0 Å². The fourth-order valence-electron chi connectivity index (χ4n) is 3.32. The average molecular weight is 375 g/mol. The Morgan fingerprint density at radius 1 is 0.926 bits per heavy atom. The highest BCUT2D eigenvalue weighted by Gasteiger charge is 2.10. The number of hydrogen-bond donors (Lipinski definition) is 1. The Morgan fingerprint density at radius 3 is 2.33 bits per heavy atom. The molecule has 2 aromatic heterocycles. The molecule has 0 bridgehead atoms. The Balaban J connectivity index is 1.59. The third-order valence-electron chi connectivity index (χ3n) is 5.00. The number of aromatic amines is 1. The van der Waals surface area contributed by atoms with Gasteiger partial charge >= 0.3 is 0 Å². The second kappa shape index (κ2) is 7.69. The molecule has 0 aliphatic rings. The SMILES string of the molecule is CCCCc1ccc(-c2ccc(-c3ccc4nc(C(C)C)[nH]c4c3)s2)cc1. The van der Waals surface area contributed by atoms with E-state index in [1.807, 2.05) is 11.3 Å². The van der Waals surface area contributed by atoms with E-state index < -0.39 is 0 Å². The minimum absolute atomic E-state index is 0.412. The Kier molecular flexibility index (Phi) is 5.13. The minimum Gasteiger partial charge on any atom is -0.342 e. The fourth-order valence-corrected chi connectivity index (χ4v) is 4.33. The van der Waals surface area contributed by atoms with Crippen molar-refractivity contribution >= 4 is 22.4 Å². The number of aromatic nitrogens is 2. The second-order valence-corrected chi connectivity index (χ2v) is 8.56. The van der Waals surface area contributed by atoms with Crippen molar-refractivity contribution in [3.05, 3.63) is 66.0 Å². The molecule has 2 aromatic carbocycles. The zero-order valence-electron chi connectivity index (χ0n) is 16.3. The molecule has 2 nitrogen and oxygen atoms in total. The summed E-state index contributed by atoms with van der Waals surface area (Å²) in [5.41, 5.74) is 6.14. The van der Waals surface area contributed by atoms with E-state index in [-0.39, 0.29) is 0 Å². The van der Waals surface area contributed by atoms with Gasteiger partial charge in [0.25, 0.3) is 0 Å². The summed E-state index contributed by atoms with van der Waals surface area (Å²) in [5.74, 6) is 1.46. The molecule has 4 rings (SSSR count). The number of hydrogen-bond acceptors (Lipinski definition) is 2. The molecule has 0 unspecified atom stereocenters. The first kappa shape index (κ1) is 18.0. The highest BCUT2D eigenvalue weighted by atomic mass is 32.1. The number of nitrogens with one attached hydrogen (secondary N) is 1. The van der Waals surface area contributed by atoms with Crippen LogP contribution >= 0.6 is 11.3 Å². The van der Waals surface area contributed by atoms with Crippen LogP contribution in [-0.4, -0.2) is 9.97 Å². The smallest absolute Gasteiger partial charge is 0.109 e. The third-order valence-corrected chi connectivity index (χ3v) is 6.18. The van der Waals surface area contributed by atoms with E-state index in [1.165, 1.54) is 45.7 Å². The monoisotopic (exact) mass is 374 g/mol. The number of benzene rings is 2. The lowest BCUT2D eigenvalue weighted by Crippen LogP contribution is -1.88. The molecular weight excluding hydrogens is 348 g/mol. The number of aryl methyl sites for hydroxylation is 1. The Bertz CT molecular complexity index is 1040. The predicted molar refractivity (Wildman–Crippen MR) is 118 cm³/mol. The van der Waals surface area contributed by atoms with Crippen LogP contribution in [0.25, 0.3) is 31.9 Å². The van der Waals surface area contributed by atoms with E-state index in [0.717, 1.165) is 16.9 Å². The van der Waals surface area contributed by atoms with Gasteiger partial charge in [0, 0.05) is 15.7 Å². The number of nitrogens with zero attached hydrogens (tertiary/aromatic N) is 1. The summed E-state index contributed by atoms with van der Waals surface area (Å²) in [6.07, 6.45) is 3.68. The average Bonchev–Trinajstić information content (AvgIpc) is 3.33. The van der Waals surface area contributed by atoms with Gasteiger partial charge in [0.1, 0.15) is 5.82 Å². The van der Waals surface area contributed by atoms with Crippen molar-refractivity contribution < 1.29 is 0 Å². The molecule has 0 atom stereocenters. The van der Waals surface area contributed by atoms with Crippen molar-refractivity contribution in [1.82, 2.24) is 9.97 Å². The maximum atomic E-state index is 4.68. The molecule has 1 N–H and O–H groups in total. The lowest BCUT2D eigenvalue weighted by Gasteiger charge is -2.02. The van der Waals surface area contributed by atoms with Gasteiger partial charge < -0.3 is 4.98 Å². The lowest BCUT2D eigenvalue weighted by molar-refractivity contribution is 0.795. The van der Waals surface area contributed by atoms with E-state index >= 15 is 0 Å². The van der Waals surface area contributed by atoms with Crippen LogP contribution in [-0.2, 0) is 6.42 Å². The van der Waals surface area contributed by atoms with Gasteiger partial charge in [-0.3, -0.25) is 0 Å². The summed E-state index contributed by atoms with van der Waals surface area (Å²) in [6.45, 7) is 6.57. The Labute approximate surface area is 165 Å². The summed E-state index contributed by atoms with van der Waals surface area (Å²) in [4.78, 5) is 10.8. The van der Waals surface area contributed by atoms with Crippen molar-refractivity contribution in [3.8, 4) is 20.9 Å². The Morgan fingerprint density at radius 2 is 1.63 bits per heavy atom. The number of H-pyrrole nitrogens is 1. The van der Waals surface area contributed by atoms with Crippen LogP contribution < -0.4 is 0 Å². The normalized spacial score (nSPS) is 11.6. The molecule has 0 radical (unpaired) electrons. The molecule has 0 aliphatic heterocycles. The van der Waals surface area contributed by atoms with E-state index in [1.54, 1.807) is 0 Å². The maximum absolute atomic E-state index is 4.68. The van der Waals surface area contributed by atoms with E-state index in [2.05, 4.69) is 85.3 Å². The maximum Gasteiger partial charge on any atom is 0.109 e. The van der Waals surface area contributed by atoms with Gasteiger partial charge in [-0.2, -0.15) is 0 Å². The molecule has 0 fully saturated rings. The van der Waals surface area contributed by atoms with E-state index in [9.17, 15) is 0 Å². The fraction of sp³-hybridized carbons (Fsp3) is 0.292. The first-order chi connectivity index (χ1) is 13.1. The van der Waals surface area contributed by atoms with Gasteiger partial charge in [0.2, 0.25) is 0 Å². The van der Waals surface area contributed by atoms with Crippen molar-refractivity contribution in [2.75, 3.05) is 0 Å². The van der Waals surface area contributed by atoms with Crippen LogP contribution in [0, 0.1) is 0 Å². The topological polar surface area (TPSA) is 28.7 Å². The minimum atomic E-state index is 0.412. The van der Waals surface area contributed by atoms with Crippen molar-refractivity contribution in [3.63, 3.8) is 0 Å². The van der Waals surface area contributed by atoms with Gasteiger partial charge in [0.15, 0.2) is 0 Å². The molecule has 0 amide bonds. The molecule has 0 saturated carbocycles. The first-order valence-electron chi connectivity index (χ1n) is 9.83. The summed E-state index contributed by atoms with van der Waals surface area (Å²) in [6, 6.07) is 20.0. The summed E-state index contributed by atoms with van der Waals surface area (Å²) in [5, 5.41) is 0. The van der Waals surface area contributed by atoms with Crippen LogP contribution in [0.2, 0.25) is 0 Å². The number of thiophene rings is 1. The highest BCUT2D eigenvalue weighted by Crippen LogP contribution is 2.35. The van der Waals surface area contributed by atoms with Crippen LogP contribution in [0.4, 0.5) is 0 Å². The number of imidazole rings is 1. The van der Waals surface area contributed by atoms with Crippen LogP contribution in [0.15, 0.2) is 54.6 Å². The molecule has 0 spiro atoms. The lowest BCUT2D eigenvalue weighted by atomic mass is 10.1. The standard InChI is InChI=1S/C24H26N2S/c1-4-5-6-17-7-9-18(10-8-17)22-13-14-23(27-22)19-11-12-20-21(15-19)26-24(25-20)16(2)3/h7-16H,4-6H2,1-3H3,(H,25,26). The van der Waals surface area contributed by atoms with Crippen molar-refractivity contribution in [1.29, 1.82) is 0 Å². The van der Waals surface area contributed by atoms with Gasteiger partial charge in [0.05, 0.1) is 11.0 Å². The zero-order valence-corrected chi connectivity index (χ0v) is 17.1. The summed E-state index contributed by atoms with van der Waals surface area (Å²) in [7, 11) is 0. The van der Waals surface area contributed by atoms with Gasteiger partial charge in [-0.1, -0.05) is 57.5 Å². The van der Waals surface area contributed by atoms with E-state index in [0.29, 0.717) is 5.92 Å². The first-order valence-corrected chi connectivity index (χ1v) is 10.6. The summed E-state index contributed by atoms with van der Waals surface area (Å²) >= 11 is 1.85. The van der Waals surface area contributed by atoms with Crippen LogP contribution in [0.5, 0.6) is 0 Å². The molecule has 2 heterocycles. The third kappa shape index (κ3) is 3.84. The molecule has 27 heavy (non-hydrogen) atoms. The number of unbranched alkanes of at least 4 members (excludes halogenated alkanes) is 1. The molecule has 0 saturated heterocycles. The number of fused-ring (bicyclic) bond motifs is 1. The van der Waals surface area contributed by atoms with Crippen LogP contribution in [0.1, 0.15) is 50.9 Å². The van der Waals surface area contributed by atoms with Crippen molar-refractivity contribution in [2.24, 2.45) is 0 Å². The summed E-state index contributed by atoms with van der Waals surface area (Å²) < 4.78 is 0. The molecule has 0 aliphatic carbocycles. The van der Waals surface area contributed by atoms with Crippen LogP contribution in [0.3, 0.4) is 0 Å². The van der Waals surface area contributed by atoms with Crippen molar-refractivity contribution in [2.45, 2.75) is 46.0 Å². The zero-order chi connectivity index (χ0) is 18.8. The molecule has 4 aromatic rings. The largest absolute Gasteiger partial charge is 0.342 e. The van der Waals surface area contributed by atoms with Gasteiger partial charge in [-0.15, -0.1) is 11.3 Å². The second-order valence-electron chi connectivity index (χ2n) is 7.47. The quantitative estimate of drug-likeness (QED) is 0.373. The Hall–Kier alpha value is -2.39. The van der Waals surface area contributed by atoms with Gasteiger partial charge in [-0.05, 0) is 53.8 Å². The predicted octanol–water partition coefficient (Wildman–Crippen LogP) is 7.42. The highest BCUT2D eigenvalue weighted by molar-refractivity contribution is 7.18. The molecular formula is C24H26N2S. The van der Waals surface area contributed by atoms with Gasteiger partial charge in [-0.25, -0.2) is 4.98 Å².